The molecule has 0 aliphatic heterocycles. The lowest BCUT2D eigenvalue weighted by atomic mass is 10.4. The zero-order chi connectivity index (χ0) is 10.8. The fourth-order valence-corrected chi connectivity index (χ4v) is 1.52. The first-order chi connectivity index (χ1) is 7.18. The van der Waals surface area contributed by atoms with Gasteiger partial charge in [0, 0.05) is 19.6 Å². The first-order valence-electron chi connectivity index (χ1n) is 4.89. The molecule has 0 amide bonds. The van der Waals surface area contributed by atoms with Crippen LogP contribution in [0.2, 0.25) is 0 Å². The second kappa shape index (κ2) is 3.84. The number of hydrogen-bond donors (Lipinski definition) is 1. The molecule has 0 atom stereocenters. The maximum atomic E-state index is 10.5. The molecule has 0 radical (unpaired) electrons. The molecular formula is C8H13N5O2. The van der Waals surface area contributed by atoms with E-state index in [4.69, 9.17) is 5.11 Å². The van der Waals surface area contributed by atoms with E-state index in [0.717, 1.165) is 12.8 Å². The van der Waals surface area contributed by atoms with Gasteiger partial charge in [-0.15, -0.1) is 0 Å². The Morgan fingerprint density at radius 2 is 2.40 bits per heavy atom. The van der Waals surface area contributed by atoms with Crippen LogP contribution in [-0.4, -0.2) is 43.9 Å². The number of carboxylic acid groups (broad SMARTS) is 1. The second-order valence-corrected chi connectivity index (χ2v) is 3.67. The van der Waals surface area contributed by atoms with Gasteiger partial charge in [0.25, 0.3) is 0 Å². The number of carboxylic acids is 1. The minimum atomic E-state index is -0.796. The van der Waals surface area contributed by atoms with Crippen LogP contribution in [0.4, 0.5) is 5.95 Å². The van der Waals surface area contributed by atoms with Crippen LogP contribution in [0.15, 0.2) is 0 Å². The number of aryl methyl sites for hydroxylation is 1. The van der Waals surface area contributed by atoms with E-state index in [1.54, 1.807) is 11.7 Å². The predicted molar refractivity (Wildman–Crippen MR) is 51.4 cm³/mol. The Bertz CT molecular complexity index is 360. The van der Waals surface area contributed by atoms with Crippen molar-refractivity contribution < 1.29 is 9.90 Å². The Kier molecular flexibility index (Phi) is 2.53. The average molecular weight is 211 g/mol. The molecule has 0 aromatic carbocycles. The summed E-state index contributed by atoms with van der Waals surface area (Å²) >= 11 is 0. The largest absolute Gasteiger partial charge is 0.481 e. The number of aromatic nitrogens is 4. The molecule has 1 N–H and O–H groups in total. The molecule has 1 fully saturated rings. The van der Waals surface area contributed by atoms with Gasteiger partial charge in [0.15, 0.2) is 0 Å². The monoisotopic (exact) mass is 211 g/mol. The van der Waals surface area contributed by atoms with Gasteiger partial charge in [-0.1, -0.05) is 5.10 Å². The molecule has 1 saturated carbocycles. The fraction of sp³-hybridized carbons (Fsp3) is 0.750. The molecule has 7 heteroatoms. The molecule has 0 saturated heterocycles. The van der Waals surface area contributed by atoms with Gasteiger partial charge in [0.05, 0.1) is 6.42 Å². The third-order valence-electron chi connectivity index (χ3n) is 2.41. The van der Waals surface area contributed by atoms with Gasteiger partial charge in [-0.2, -0.15) is 0 Å². The summed E-state index contributed by atoms with van der Waals surface area (Å²) in [5.74, 6) is -0.144. The molecule has 1 aromatic rings. The fourth-order valence-electron chi connectivity index (χ4n) is 1.52. The minimum absolute atomic E-state index is 0.114. The van der Waals surface area contributed by atoms with E-state index >= 15 is 0 Å². The molecule has 1 aliphatic rings. The van der Waals surface area contributed by atoms with E-state index in [-0.39, 0.29) is 6.42 Å². The van der Waals surface area contributed by atoms with E-state index in [0.29, 0.717) is 18.5 Å². The Balaban J connectivity index is 2.06. The number of carbonyl (C=O) groups is 1. The molecule has 0 spiro atoms. The molecule has 15 heavy (non-hydrogen) atoms. The number of tetrazole rings is 1. The molecular weight excluding hydrogens is 198 g/mol. The van der Waals surface area contributed by atoms with E-state index in [1.165, 1.54) is 0 Å². The SMILES string of the molecule is Cn1nnnc1N(CCC(=O)O)C1CC1. The summed E-state index contributed by atoms with van der Waals surface area (Å²) in [7, 11) is 1.76. The zero-order valence-corrected chi connectivity index (χ0v) is 8.50. The topological polar surface area (TPSA) is 84.1 Å². The van der Waals surface area contributed by atoms with Crippen LogP contribution < -0.4 is 4.90 Å². The molecule has 1 heterocycles. The highest BCUT2D eigenvalue weighted by atomic mass is 16.4. The van der Waals surface area contributed by atoms with Crippen LogP contribution >= 0.6 is 0 Å². The van der Waals surface area contributed by atoms with Crippen molar-refractivity contribution in [2.75, 3.05) is 11.4 Å². The summed E-state index contributed by atoms with van der Waals surface area (Å²) < 4.78 is 1.57. The first kappa shape index (κ1) is 9.88. The zero-order valence-electron chi connectivity index (χ0n) is 8.50. The summed E-state index contributed by atoms with van der Waals surface area (Å²) in [6, 6.07) is 0.411. The molecule has 0 bridgehead atoms. The van der Waals surface area contributed by atoms with Gasteiger partial charge in [-0.3, -0.25) is 4.79 Å². The second-order valence-electron chi connectivity index (χ2n) is 3.67. The van der Waals surface area contributed by atoms with Crippen LogP contribution in [-0.2, 0) is 11.8 Å². The van der Waals surface area contributed by atoms with E-state index < -0.39 is 5.97 Å². The molecule has 82 valence electrons. The number of aliphatic carboxylic acids is 1. The van der Waals surface area contributed by atoms with E-state index in [1.807, 2.05) is 4.90 Å². The maximum absolute atomic E-state index is 10.5. The Hall–Kier alpha value is -1.66. The average Bonchev–Trinajstić information content (AvgIpc) is 2.92. The summed E-state index contributed by atoms with van der Waals surface area (Å²) in [6.07, 6.45) is 2.29. The van der Waals surface area contributed by atoms with Crippen molar-refractivity contribution in [1.82, 2.24) is 20.2 Å². The summed E-state index contributed by atoms with van der Waals surface area (Å²) in [6.45, 7) is 0.466. The molecule has 0 unspecified atom stereocenters. The highest BCUT2D eigenvalue weighted by molar-refractivity contribution is 5.67. The lowest BCUT2D eigenvalue weighted by Gasteiger charge is -2.20. The summed E-state index contributed by atoms with van der Waals surface area (Å²) in [4.78, 5) is 12.5. The van der Waals surface area contributed by atoms with Crippen LogP contribution in [0, 0.1) is 0 Å². The van der Waals surface area contributed by atoms with Gasteiger partial charge >= 0.3 is 5.97 Å². The normalized spacial score (nSPS) is 15.3. The number of anilines is 1. The van der Waals surface area contributed by atoms with Crippen LogP contribution in [0.25, 0.3) is 0 Å². The highest BCUT2D eigenvalue weighted by Gasteiger charge is 2.32. The lowest BCUT2D eigenvalue weighted by Crippen LogP contribution is -2.30. The molecule has 1 aromatic heterocycles. The molecule has 7 nitrogen and oxygen atoms in total. The Labute approximate surface area is 86.7 Å². The van der Waals surface area contributed by atoms with Gasteiger partial charge in [0.2, 0.25) is 5.95 Å². The van der Waals surface area contributed by atoms with Crippen molar-refractivity contribution in [3.8, 4) is 0 Å². The summed E-state index contributed by atoms with van der Waals surface area (Å²) in [5.41, 5.74) is 0. The smallest absolute Gasteiger partial charge is 0.305 e. The minimum Gasteiger partial charge on any atom is -0.481 e. The van der Waals surface area contributed by atoms with Gasteiger partial charge < -0.3 is 10.0 Å². The third kappa shape index (κ3) is 2.23. The quantitative estimate of drug-likeness (QED) is 0.716. The maximum Gasteiger partial charge on any atom is 0.305 e. The van der Waals surface area contributed by atoms with Gasteiger partial charge in [-0.05, 0) is 23.3 Å². The summed E-state index contributed by atoms with van der Waals surface area (Å²) in [5, 5.41) is 19.8. The van der Waals surface area contributed by atoms with Gasteiger partial charge in [-0.25, -0.2) is 4.68 Å². The number of nitrogens with zero attached hydrogens (tertiary/aromatic N) is 5. The Morgan fingerprint density at radius 1 is 1.67 bits per heavy atom. The first-order valence-corrected chi connectivity index (χ1v) is 4.89. The number of hydrogen-bond acceptors (Lipinski definition) is 5. The number of rotatable bonds is 5. The van der Waals surface area contributed by atoms with Crippen LogP contribution in [0.1, 0.15) is 19.3 Å². The lowest BCUT2D eigenvalue weighted by molar-refractivity contribution is -0.136. The third-order valence-corrected chi connectivity index (χ3v) is 2.41. The van der Waals surface area contributed by atoms with Crippen molar-refractivity contribution in [3.63, 3.8) is 0 Å². The van der Waals surface area contributed by atoms with Crippen LogP contribution in [0.5, 0.6) is 0 Å². The highest BCUT2D eigenvalue weighted by Crippen LogP contribution is 2.29. The molecule has 2 rings (SSSR count). The van der Waals surface area contributed by atoms with Crippen molar-refractivity contribution in [2.24, 2.45) is 7.05 Å². The predicted octanol–water partition coefficient (Wildman–Crippen LogP) is -0.346. The standard InChI is InChI=1S/C8H13N5O2/c1-12-8(9-10-11-12)13(6-2-3-6)5-4-7(14)15/h6H,2-5H2,1H3,(H,14,15). The molecule has 1 aliphatic carbocycles. The Morgan fingerprint density at radius 3 is 2.87 bits per heavy atom. The van der Waals surface area contributed by atoms with E-state index in [2.05, 4.69) is 15.5 Å². The van der Waals surface area contributed by atoms with Crippen LogP contribution in [0.3, 0.4) is 0 Å². The van der Waals surface area contributed by atoms with Crippen molar-refractivity contribution >= 4 is 11.9 Å². The van der Waals surface area contributed by atoms with Crippen molar-refractivity contribution in [3.05, 3.63) is 0 Å². The van der Waals surface area contributed by atoms with Crippen molar-refractivity contribution in [2.45, 2.75) is 25.3 Å². The van der Waals surface area contributed by atoms with E-state index in [9.17, 15) is 4.79 Å². The van der Waals surface area contributed by atoms with Gasteiger partial charge in [0.1, 0.15) is 0 Å². The van der Waals surface area contributed by atoms with Crippen molar-refractivity contribution in [1.29, 1.82) is 0 Å².